The minimum absolute atomic E-state index is 0.120. The number of phenolic OH excluding ortho intramolecular Hbond substituents is 1. The molecule has 0 heterocycles. The normalized spacial score (nSPS) is 17.6. The fraction of sp³-hybridized carbons (Fsp3) is 0.417. The molecule has 1 saturated carbocycles. The molecule has 0 unspecified atom stereocenters. The average molecular weight is 223 g/mol. The van der Waals surface area contributed by atoms with E-state index >= 15 is 0 Å². The van der Waals surface area contributed by atoms with Crippen molar-refractivity contribution in [3.63, 3.8) is 0 Å². The smallest absolute Gasteiger partial charge is 0.255 e. The van der Waals surface area contributed by atoms with E-state index in [-0.39, 0.29) is 22.8 Å². The van der Waals surface area contributed by atoms with Crippen LogP contribution in [-0.4, -0.2) is 16.6 Å². The molecule has 1 aromatic rings. The number of hydrogen-bond acceptors (Lipinski definition) is 2. The lowest BCUT2D eigenvalue weighted by atomic mass is 9.78. The van der Waals surface area contributed by atoms with Crippen LogP contribution in [0.3, 0.4) is 0 Å². The maximum atomic E-state index is 12.7. The van der Waals surface area contributed by atoms with Gasteiger partial charge in [-0.05, 0) is 38.3 Å². The van der Waals surface area contributed by atoms with Crippen LogP contribution in [0.15, 0.2) is 18.2 Å². The van der Waals surface area contributed by atoms with Crippen molar-refractivity contribution in [2.24, 2.45) is 0 Å². The highest BCUT2D eigenvalue weighted by molar-refractivity contribution is 5.97. The van der Waals surface area contributed by atoms with Gasteiger partial charge in [0, 0.05) is 11.6 Å². The summed E-state index contributed by atoms with van der Waals surface area (Å²) in [6.45, 7) is 1.97. The summed E-state index contributed by atoms with van der Waals surface area (Å²) in [5.41, 5.74) is -0.0488. The van der Waals surface area contributed by atoms with Gasteiger partial charge >= 0.3 is 0 Å². The number of phenols is 1. The molecular weight excluding hydrogens is 209 g/mol. The standard InChI is InChI=1S/C12H14FNO2/c1-12(5-2-6-12)14-11(16)9-4-3-8(13)7-10(9)15/h3-4,7,15H,2,5-6H2,1H3,(H,14,16). The second kappa shape index (κ2) is 3.77. The molecule has 3 nitrogen and oxygen atoms in total. The number of rotatable bonds is 2. The molecule has 1 aliphatic carbocycles. The summed E-state index contributed by atoms with van der Waals surface area (Å²) < 4.78 is 12.7. The predicted octanol–water partition coefficient (Wildman–Crippen LogP) is 2.20. The topological polar surface area (TPSA) is 49.3 Å². The van der Waals surface area contributed by atoms with E-state index < -0.39 is 5.82 Å². The molecule has 0 saturated heterocycles. The summed E-state index contributed by atoms with van der Waals surface area (Å²) in [5, 5.41) is 12.3. The van der Waals surface area contributed by atoms with Gasteiger partial charge in [-0.25, -0.2) is 4.39 Å². The Morgan fingerprint density at radius 3 is 2.69 bits per heavy atom. The van der Waals surface area contributed by atoms with Crippen LogP contribution in [0.5, 0.6) is 5.75 Å². The number of amides is 1. The van der Waals surface area contributed by atoms with E-state index in [2.05, 4.69) is 5.32 Å². The van der Waals surface area contributed by atoms with Crippen LogP contribution in [-0.2, 0) is 0 Å². The lowest BCUT2D eigenvalue weighted by Crippen LogP contribution is -2.50. The Labute approximate surface area is 93.3 Å². The van der Waals surface area contributed by atoms with Gasteiger partial charge in [0.25, 0.3) is 5.91 Å². The van der Waals surface area contributed by atoms with Crippen LogP contribution in [0.25, 0.3) is 0 Å². The van der Waals surface area contributed by atoms with Gasteiger partial charge in [0.05, 0.1) is 5.56 Å². The molecule has 2 rings (SSSR count). The quantitative estimate of drug-likeness (QED) is 0.807. The average Bonchev–Trinajstić information content (AvgIpc) is 2.14. The van der Waals surface area contributed by atoms with Crippen LogP contribution in [0.4, 0.5) is 4.39 Å². The molecule has 4 heteroatoms. The van der Waals surface area contributed by atoms with E-state index in [1.54, 1.807) is 0 Å². The number of carbonyl (C=O) groups is 1. The maximum absolute atomic E-state index is 12.7. The van der Waals surface area contributed by atoms with E-state index in [0.717, 1.165) is 31.4 Å². The lowest BCUT2D eigenvalue weighted by Gasteiger charge is -2.39. The van der Waals surface area contributed by atoms with Crippen LogP contribution >= 0.6 is 0 Å². The van der Waals surface area contributed by atoms with Crippen molar-refractivity contribution in [1.29, 1.82) is 0 Å². The van der Waals surface area contributed by atoms with E-state index in [1.165, 1.54) is 6.07 Å². The van der Waals surface area contributed by atoms with Gasteiger partial charge in [-0.2, -0.15) is 0 Å². The molecular formula is C12H14FNO2. The van der Waals surface area contributed by atoms with Gasteiger partial charge < -0.3 is 10.4 Å². The highest BCUT2D eigenvalue weighted by Gasteiger charge is 2.33. The van der Waals surface area contributed by atoms with E-state index in [4.69, 9.17) is 0 Å². The van der Waals surface area contributed by atoms with Crippen LogP contribution in [0.1, 0.15) is 36.5 Å². The zero-order chi connectivity index (χ0) is 11.8. The molecule has 1 fully saturated rings. The highest BCUT2D eigenvalue weighted by Crippen LogP contribution is 2.31. The van der Waals surface area contributed by atoms with Crippen molar-refractivity contribution in [2.45, 2.75) is 31.7 Å². The van der Waals surface area contributed by atoms with Gasteiger partial charge in [0.2, 0.25) is 0 Å². The van der Waals surface area contributed by atoms with Crippen LogP contribution in [0, 0.1) is 5.82 Å². The molecule has 1 amide bonds. The third kappa shape index (κ3) is 2.01. The van der Waals surface area contributed by atoms with Gasteiger partial charge in [-0.3, -0.25) is 4.79 Å². The SMILES string of the molecule is CC1(NC(=O)c2ccc(F)cc2O)CCC1. The first-order valence-electron chi connectivity index (χ1n) is 5.31. The molecule has 16 heavy (non-hydrogen) atoms. The number of benzene rings is 1. The maximum Gasteiger partial charge on any atom is 0.255 e. The van der Waals surface area contributed by atoms with Crippen molar-refractivity contribution in [2.75, 3.05) is 0 Å². The summed E-state index contributed by atoms with van der Waals surface area (Å²) in [4.78, 5) is 11.8. The molecule has 1 aliphatic rings. The number of halogens is 1. The van der Waals surface area contributed by atoms with Crippen molar-refractivity contribution in [1.82, 2.24) is 5.32 Å². The minimum Gasteiger partial charge on any atom is -0.507 e. The molecule has 0 spiro atoms. The van der Waals surface area contributed by atoms with E-state index in [0.29, 0.717) is 0 Å². The Kier molecular flexibility index (Phi) is 2.58. The summed E-state index contributed by atoms with van der Waals surface area (Å²) >= 11 is 0. The van der Waals surface area contributed by atoms with Crippen molar-refractivity contribution in [3.05, 3.63) is 29.6 Å². The van der Waals surface area contributed by atoms with E-state index in [9.17, 15) is 14.3 Å². The molecule has 0 bridgehead atoms. The Hall–Kier alpha value is -1.58. The zero-order valence-corrected chi connectivity index (χ0v) is 9.09. The van der Waals surface area contributed by atoms with Gasteiger partial charge in [0.15, 0.2) is 0 Å². The molecule has 86 valence electrons. The predicted molar refractivity (Wildman–Crippen MR) is 57.8 cm³/mol. The van der Waals surface area contributed by atoms with Gasteiger partial charge in [0.1, 0.15) is 11.6 Å². The third-order valence-corrected chi connectivity index (χ3v) is 3.08. The molecule has 0 aromatic heterocycles. The summed E-state index contributed by atoms with van der Waals surface area (Å²) in [5.74, 6) is -1.22. The molecule has 0 aliphatic heterocycles. The monoisotopic (exact) mass is 223 g/mol. The molecule has 2 N–H and O–H groups in total. The van der Waals surface area contributed by atoms with Gasteiger partial charge in [-0.1, -0.05) is 0 Å². The first-order chi connectivity index (χ1) is 7.50. The highest BCUT2D eigenvalue weighted by atomic mass is 19.1. The summed E-state index contributed by atoms with van der Waals surface area (Å²) in [6, 6.07) is 3.40. The zero-order valence-electron chi connectivity index (χ0n) is 9.09. The number of nitrogens with one attached hydrogen (secondary N) is 1. The Morgan fingerprint density at radius 2 is 2.19 bits per heavy atom. The van der Waals surface area contributed by atoms with Gasteiger partial charge in [-0.15, -0.1) is 0 Å². The fourth-order valence-electron chi connectivity index (χ4n) is 1.87. The first-order valence-corrected chi connectivity index (χ1v) is 5.31. The molecule has 1 aromatic carbocycles. The number of aromatic hydroxyl groups is 1. The summed E-state index contributed by atoms with van der Waals surface area (Å²) in [7, 11) is 0. The van der Waals surface area contributed by atoms with Crippen molar-refractivity contribution in [3.8, 4) is 5.75 Å². The fourth-order valence-corrected chi connectivity index (χ4v) is 1.87. The summed E-state index contributed by atoms with van der Waals surface area (Å²) in [6.07, 6.45) is 2.99. The lowest BCUT2D eigenvalue weighted by molar-refractivity contribution is 0.0847. The number of carbonyl (C=O) groups excluding carboxylic acids is 1. The molecule has 0 radical (unpaired) electrons. The minimum atomic E-state index is -0.552. The van der Waals surface area contributed by atoms with Crippen molar-refractivity contribution >= 4 is 5.91 Å². The molecule has 0 atom stereocenters. The first kappa shape index (κ1) is 10.9. The van der Waals surface area contributed by atoms with Crippen LogP contribution in [0.2, 0.25) is 0 Å². The Bertz CT molecular complexity index is 427. The largest absolute Gasteiger partial charge is 0.507 e. The second-order valence-corrected chi connectivity index (χ2v) is 4.53. The number of hydrogen-bond donors (Lipinski definition) is 2. The Morgan fingerprint density at radius 1 is 1.50 bits per heavy atom. The third-order valence-electron chi connectivity index (χ3n) is 3.08. The second-order valence-electron chi connectivity index (χ2n) is 4.53. The van der Waals surface area contributed by atoms with Crippen LogP contribution < -0.4 is 5.32 Å². The Balaban J connectivity index is 2.14. The van der Waals surface area contributed by atoms with E-state index in [1.807, 2.05) is 6.92 Å². The van der Waals surface area contributed by atoms with Crippen molar-refractivity contribution < 1.29 is 14.3 Å².